The predicted molar refractivity (Wildman–Crippen MR) is 75.8 cm³/mol. The normalized spacial score (nSPS) is 18.4. The van der Waals surface area contributed by atoms with E-state index in [9.17, 15) is 0 Å². The minimum Gasteiger partial charge on any atom is -0.380 e. The fourth-order valence-electron chi connectivity index (χ4n) is 2.18. The van der Waals surface area contributed by atoms with Crippen molar-refractivity contribution in [2.24, 2.45) is 5.41 Å². The van der Waals surface area contributed by atoms with E-state index >= 15 is 0 Å². The van der Waals surface area contributed by atoms with Crippen molar-refractivity contribution in [3.05, 3.63) is 35.4 Å². The van der Waals surface area contributed by atoms with Gasteiger partial charge in [0, 0.05) is 18.5 Å². The second-order valence-electron chi connectivity index (χ2n) is 6.85. The molecule has 1 N–H and O–H groups in total. The maximum absolute atomic E-state index is 5.25. The van der Waals surface area contributed by atoms with E-state index in [-0.39, 0.29) is 5.41 Å². The lowest BCUT2D eigenvalue weighted by Crippen LogP contribution is -2.47. The summed E-state index contributed by atoms with van der Waals surface area (Å²) in [6, 6.07) is 8.94. The Morgan fingerprint density at radius 3 is 2.22 bits per heavy atom. The number of hydrogen-bond donors (Lipinski definition) is 1. The molecule has 100 valence electrons. The van der Waals surface area contributed by atoms with Gasteiger partial charge in [0.05, 0.1) is 13.2 Å². The lowest BCUT2D eigenvalue weighted by Gasteiger charge is -2.38. The van der Waals surface area contributed by atoms with E-state index < -0.39 is 0 Å². The van der Waals surface area contributed by atoms with Crippen molar-refractivity contribution < 1.29 is 4.74 Å². The third-order valence-corrected chi connectivity index (χ3v) is 3.60. The second kappa shape index (κ2) is 5.02. The lowest BCUT2D eigenvalue weighted by molar-refractivity contribution is -0.0991. The molecule has 1 saturated heterocycles. The summed E-state index contributed by atoms with van der Waals surface area (Å²) in [6.45, 7) is 12.8. The first-order valence-corrected chi connectivity index (χ1v) is 6.77. The molecule has 0 atom stereocenters. The first kappa shape index (κ1) is 13.6. The summed E-state index contributed by atoms with van der Waals surface area (Å²) in [4.78, 5) is 0. The smallest absolute Gasteiger partial charge is 0.0554 e. The Morgan fingerprint density at radius 2 is 1.78 bits per heavy atom. The summed E-state index contributed by atoms with van der Waals surface area (Å²) in [5.74, 6) is 0. The molecule has 0 aliphatic carbocycles. The van der Waals surface area contributed by atoms with Crippen molar-refractivity contribution in [2.75, 3.05) is 19.8 Å². The van der Waals surface area contributed by atoms with E-state index in [0.717, 1.165) is 26.3 Å². The molecular formula is C16H25NO. The molecule has 0 spiro atoms. The van der Waals surface area contributed by atoms with Crippen molar-refractivity contribution in [3.63, 3.8) is 0 Å². The quantitative estimate of drug-likeness (QED) is 0.882. The first-order chi connectivity index (χ1) is 8.39. The van der Waals surface area contributed by atoms with Crippen LogP contribution in [0.5, 0.6) is 0 Å². The summed E-state index contributed by atoms with van der Waals surface area (Å²) in [6.07, 6.45) is 0. The number of ether oxygens (including phenoxy) is 1. The van der Waals surface area contributed by atoms with Crippen LogP contribution in [0.3, 0.4) is 0 Å². The van der Waals surface area contributed by atoms with Crippen LogP contribution in [0.2, 0.25) is 0 Å². The Hall–Kier alpha value is -0.860. The zero-order valence-electron chi connectivity index (χ0n) is 12.0. The van der Waals surface area contributed by atoms with Crippen LogP contribution in [0.4, 0.5) is 0 Å². The van der Waals surface area contributed by atoms with E-state index in [2.05, 4.69) is 57.3 Å². The zero-order chi connectivity index (χ0) is 13.2. The Labute approximate surface area is 111 Å². The van der Waals surface area contributed by atoms with Gasteiger partial charge < -0.3 is 10.1 Å². The predicted octanol–water partition coefficient (Wildman–Crippen LogP) is 3.11. The molecule has 2 rings (SSSR count). The van der Waals surface area contributed by atoms with Crippen molar-refractivity contribution in [1.82, 2.24) is 5.32 Å². The maximum atomic E-state index is 5.25. The van der Waals surface area contributed by atoms with Crippen LogP contribution in [-0.4, -0.2) is 19.8 Å². The van der Waals surface area contributed by atoms with E-state index in [4.69, 9.17) is 4.74 Å². The Morgan fingerprint density at radius 1 is 1.17 bits per heavy atom. The SMILES string of the molecule is CC1(CNCc2ccc(C(C)(C)C)cc2)COC1. The fraction of sp³-hybridized carbons (Fsp3) is 0.625. The minimum absolute atomic E-state index is 0.239. The van der Waals surface area contributed by atoms with Gasteiger partial charge in [-0.05, 0) is 16.5 Å². The second-order valence-corrected chi connectivity index (χ2v) is 6.85. The summed E-state index contributed by atoms with van der Waals surface area (Å²) in [7, 11) is 0. The first-order valence-electron chi connectivity index (χ1n) is 6.77. The van der Waals surface area contributed by atoms with Crippen LogP contribution in [0.15, 0.2) is 24.3 Å². The number of hydrogen-bond acceptors (Lipinski definition) is 2. The van der Waals surface area contributed by atoms with Gasteiger partial charge >= 0.3 is 0 Å². The molecule has 0 saturated carbocycles. The van der Waals surface area contributed by atoms with Crippen LogP contribution in [0, 0.1) is 5.41 Å². The standard InChI is InChI=1S/C16H25NO/c1-15(2,3)14-7-5-13(6-8-14)9-17-10-16(4)11-18-12-16/h5-8,17H,9-12H2,1-4H3. The Kier molecular flexibility index (Phi) is 3.79. The molecule has 1 aromatic carbocycles. The number of benzene rings is 1. The fourth-order valence-corrected chi connectivity index (χ4v) is 2.18. The average Bonchev–Trinajstić information content (AvgIpc) is 2.26. The van der Waals surface area contributed by atoms with Gasteiger partial charge in [-0.2, -0.15) is 0 Å². The van der Waals surface area contributed by atoms with E-state index in [1.165, 1.54) is 11.1 Å². The summed E-state index contributed by atoms with van der Waals surface area (Å²) in [5.41, 5.74) is 3.34. The molecule has 1 fully saturated rings. The summed E-state index contributed by atoms with van der Waals surface area (Å²) < 4.78 is 5.25. The van der Waals surface area contributed by atoms with Gasteiger partial charge in [-0.3, -0.25) is 0 Å². The highest BCUT2D eigenvalue weighted by molar-refractivity contribution is 5.27. The number of nitrogens with one attached hydrogen (secondary N) is 1. The molecular weight excluding hydrogens is 222 g/mol. The van der Waals surface area contributed by atoms with Crippen molar-refractivity contribution >= 4 is 0 Å². The highest BCUT2D eigenvalue weighted by Gasteiger charge is 2.32. The van der Waals surface area contributed by atoms with Crippen molar-refractivity contribution in [1.29, 1.82) is 0 Å². The molecule has 0 aromatic heterocycles. The van der Waals surface area contributed by atoms with Gasteiger partial charge in [0.25, 0.3) is 0 Å². The molecule has 2 nitrogen and oxygen atoms in total. The van der Waals surface area contributed by atoms with Gasteiger partial charge in [-0.1, -0.05) is 52.0 Å². The Balaban J connectivity index is 1.83. The van der Waals surface area contributed by atoms with Crippen LogP contribution >= 0.6 is 0 Å². The molecule has 1 aliphatic rings. The molecule has 1 heterocycles. The third kappa shape index (κ3) is 3.33. The number of rotatable bonds is 4. The van der Waals surface area contributed by atoms with E-state index in [1.54, 1.807) is 0 Å². The highest BCUT2D eigenvalue weighted by atomic mass is 16.5. The molecule has 0 bridgehead atoms. The van der Waals surface area contributed by atoms with Gasteiger partial charge in [0.15, 0.2) is 0 Å². The average molecular weight is 247 g/mol. The molecule has 0 unspecified atom stereocenters. The highest BCUT2D eigenvalue weighted by Crippen LogP contribution is 2.25. The van der Waals surface area contributed by atoms with Gasteiger partial charge in [-0.15, -0.1) is 0 Å². The zero-order valence-corrected chi connectivity index (χ0v) is 12.0. The summed E-state index contributed by atoms with van der Waals surface area (Å²) in [5, 5.41) is 3.52. The molecule has 0 radical (unpaired) electrons. The van der Waals surface area contributed by atoms with E-state index in [0.29, 0.717) is 5.41 Å². The van der Waals surface area contributed by atoms with Crippen LogP contribution < -0.4 is 5.32 Å². The largest absolute Gasteiger partial charge is 0.380 e. The molecule has 2 heteroatoms. The van der Waals surface area contributed by atoms with Crippen LogP contribution in [0.1, 0.15) is 38.8 Å². The van der Waals surface area contributed by atoms with Gasteiger partial charge in [0.1, 0.15) is 0 Å². The van der Waals surface area contributed by atoms with Gasteiger partial charge in [0.2, 0.25) is 0 Å². The molecule has 1 aliphatic heterocycles. The molecule has 18 heavy (non-hydrogen) atoms. The topological polar surface area (TPSA) is 21.3 Å². The van der Waals surface area contributed by atoms with Crippen LogP contribution in [0.25, 0.3) is 0 Å². The minimum atomic E-state index is 0.239. The Bertz CT molecular complexity index is 385. The van der Waals surface area contributed by atoms with Gasteiger partial charge in [-0.25, -0.2) is 0 Å². The third-order valence-electron chi connectivity index (χ3n) is 3.60. The maximum Gasteiger partial charge on any atom is 0.0554 e. The lowest BCUT2D eigenvalue weighted by atomic mass is 9.86. The summed E-state index contributed by atoms with van der Waals surface area (Å²) >= 11 is 0. The van der Waals surface area contributed by atoms with Crippen LogP contribution in [-0.2, 0) is 16.7 Å². The molecule has 1 aromatic rings. The monoisotopic (exact) mass is 247 g/mol. The molecule has 0 amide bonds. The van der Waals surface area contributed by atoms with E-state index in [1.807, 2.05) is 0 Å². The van der Waals surface area contributed by atoms with Crippen molar-refractivity contribution in [2.45, 2.75) is 39.7 Å². The van der Waals surface area contributed by atoms with Crippen molar-refractivity contribution in [3.8, 4) is 0 Å².